The molecule has 1 atom stereocenters. The lowest BCUT2D eigenvalue weighted by atomic mass is 9.96. The van der Waals surface area contributed by atoms with Crippen molar-refractivity contribution in [3.8, 4) is 11.5 Å². The molecular formula is C24H27N3O6. The number of hydrogen-bond acceptors (Lipinski definition) is 8. The minimum Gasteiger partial charge on any atom is -0.507 e. The highest BCUT2D eigenvalue weighted by molar-refractivity contribution is 6.46. The van der Waals surface area contributed by atoms with E-state index in [1.54, 1.807) is 42.7 Å². The molecule has 0 saturated carbocycles. The molecule has 9 heteroatoms. The predicted molar refractivity (Wildman–Crippen MR) is 120 cm³/mol. The zero-order chi connectivity index (χ0) is 23.4. The number of likely N-dealkylation sites (tertiary alicyclic amines) is 1. The van der Waals surface area contributed by atoms with E-state index in [4.69, 9.17) is 14.2 Å². The van der Waals surface area contributed by atoms with Gasteiger partial charge in [0.05, 0.1) is 44.6 Å². The van der Waals surface area contributed by atoms with E-state index in [1.165, 1.54) is 19.1 Å². The number of Topliss-reactive ketones (excluding diaryl/α,β-unsaturated/α-hetero) is 1. The SMILES string of the molecule is COc1ccc(C(O)=C2C(=O)C(=O)N(CCN3CCOCC3)[C@@H]2c2cccnc2)c(OC)c1. The third kappa shape index (κ3) is 4.55. The summed E-state index contributed by atoms with van der Waals surface area (Å²) in [6, 6.07) is 7.66. The molecule has 0 radical (unpaired) electrons. The van der Waals surface area contributed by atoms with Crippen molar-refractivity contribution in [1.82, 2.24) is 14.8 Å². The number of hydrogen-bond donors (Lipinski definition) is 1. The third-order valence-corrected chi connectivity index (χ3v) is 5.96. The molecule has 0 unspecified atom stereocenters. The summed E-state index contributed by atoms with van der Waals surface area (Å²) < 4.78 is 16.0. The number of morpholine rings is 1. The van der Waals surface area contributed by atoms with Crippen molar-refractivity contribution in [3.05, 3.63) is 59.4 Å². The van der Waals surface area contributed by atoms with Crippen LogP contribution in [0.2, 0.25) is 0 Å². The Morgan fingerprint density at radius 2 is 1.94 bits per heavy atom. The standard InChI is InChI=1S/C24H27N3O6/c1-31-17-5-6-18(19(14-17)32-2)22(28)20-21(16-4-3-7-25-15-16)27(24(30)23(20)29)9-8-26-10-12-33-13-11-26/h3-7,14-15,21,28H,8-13H2,1-2H3/t21-/m1/s1. The molecule has 4 rings (SSSR count). The molecule has 2 aliphatic rings. The van der Waals surface area contributed by atoms with E-state index in [0.29, 0.717) is 48.9 Å². The number of rotatable bonds is 7. The molecule has 174 valence electrons. The summed E-state index contributed by atoms with van der Waals surface area (Å²) in [6.45, 7) is 3.75. The number of benzene rings is 1. The lowest BCUT2D eigenvalue weighted by molar-refractivity contribution is -0.140. The number of methoxy groups -OCH3 is 2. The third-order valence-electron chi connectivity index (χ3n) is 5.96. The number of ketones is 1. The Hall–Kier alpha value is -3.43. The van der Waals surface area contributed by atoms with Crippen LogP contribution in [0.4, 0.5) is 0 Å². The summed E-state index contributed by atoms with van der Waals surface area (Å²) in [7, 11) is 2.99. The maximum atomic E-state index is 13.2. The summed E-state index contributed by atoms with van der Waals surface area (Å²) in [5, 5.41) is 11.3. The fourth-order valence-corrected chi connectivity index (χ4v) is 4.21. The van der Waals surface area contributed by atoms with Gasteiger partial charge in [-0.25, -0.2) is 0 Å². The fourth-order valence-electron chi connectivity index (χ4n) is 4.21. The van der Waals surface area contributed by atoms with Crippen molar-refractivity contribution in [1.29, 1.82) is 0 Å². The Morgan fingerprint density at radius 1 is 1.15 bits per heavy atom. The van der Waals surface area contributed by atoms with Crippen LogP contribution in [0.5, 0.6) is 11.5 Å². The highest BCUT2D eigenvalue weighted by atomic mass is 16.5. The Kier molecular flexibility index (Phi) is 6.90. The van der Waals surface area contributed by atoms with E-state index in [2.05, 4.69) is 9.88 Å². The molecule has 0 spiro atoms. The van der Waals surface area contributed by atoms with Crippen LogP contribution in [-0.4, -0.2) is 85.2 Å². The topological polar surface area (TPSA) is 101 Å². The van der Waals surface area contributed by atoms with Gasteiger partial charge in [-0.15, -0.1) is 0 Å². The van der Waals surface area contributed by atoms with Gasteiger partial charge in [-0.05, 0) is 23.8 Å². The van der Waals surface area contributed by atoms with Gasteiger partial charge in [0, 0.05) is 44.6 Å². The normalized spacial score (nSPS) is 20.8. The van der Waals surface area contributed by atoms with E-state index >= 15 is 0 Å². The summed E-state index contributed by atoms with van der Waals surface area (Å²) in [4.78, 5) is 34.1. The van der Waals surface area contributed by atoms with Crippen LogP contribution in [0.15, 0.2) is 48.3 Å². The number of carbonyl (C=O) groups is 2. The van der Waals surface area contributed by atoms with Crippen LogP contribution >= 0.6 is 0 Å². The van der Waals surface area contributed by atoms with Crippen molar-refractivity contribution in [3.63, 3.8) is 0 Å². The number of amides is 1. The maximum Gasteiger partial charge on any atom is 0.295 e. The molecule has 1 amide bonds. The summed E-state index contributed by atoms with van der Waals surface area (Å²) in [5.74, 6) is -0.808. The second kappa shape index (κ2) is 10.0. The minimum absolute atomic E-state index is 0.0124. The number of nitrogens with zero attached hydrogens (tertiary/aromatic N) is 3. The molecule has 9 nitrogen and oxygen atoms in total. The van der Waals surface area contributed by atoms with Crippen molar-refractivity contribution >= 4 is 17.4 Å². The molecule has 2 saturated heterocycles. The van der Waals surface area contributed by atoms with Gasteiger partial charge in [0.15, 0.2) is 0 Å². The van der Waals surface area contributed by atoms with Crippen molar-refractivity contribution < 1.29 is 28.9 Å². The molecule has 33 heavy (non-hydrogen) atoms. The second-order valence-corrected chi connectivity index (χ2v) is 7.80. The number of pyridine rings is 1. The van der Waals surface area contributed by atoms with Gasteiger partial charge >= 0.3 is 0 Å². The summed E-state index contributed by atoms with van der Waals surface area (Å²) in [5.41, 5.74) is 0.963. The van der Waals surface area contributed by atoms with Crippen molar-refractivity contribution in [2.45, 2.75) is 6.04 Å². The van der Waals surface area contributed by atoms with E-state index in [9.17, 15) is 14.7 Å². The second-order valence-electron chi connectivity index (χ2n) is 7.80. The van der Waals surface area contributed by atoms with E-state index < -0.39 is 17.7 Å². The number of aliphatic hydroxyl groups is 1. The Balaban J connectivity index is 1.75. The Morgan fingerprint density at radius 3 is 2.61 bits per heavy atom. The van der Waals surface area contributed by atoms with Crippen molar-refractivity contribution in [2.24, 2.45) is 0 Å². The van der Waals surface area contributed by atoms with Gasteiger partial charge in [-0.3, -0.25) is 19.5 Å². The fraction of sp³-hybridized carbons (Fsp3) is 0.375. The maximum absolute atomic E-state index is 13.2. The van der Waals surface area contributed by atoms with E-state index in [-0.39, 0.29) is 11.3 Å². The van der Waals surface area contributed by atoms with Gasteiger partial charge in [0.2, 0.25) is 0 Å². The largest absolute Gasteiger partial charge is 0.507 e. The first-order valence-corrected chi connectivity index (χ1v) is 10.8. The highest BCUT2D eigenvalue weighted by Gasteiger charge is 2.46. The van der Waals surface area contributed by atoms with Crippen LogP contribution in [-0.2, 0) is 14.3 Å². The minimum atomic E-state index is -0.758. The Bertz CT molecular complexity index is 1050. The molecule has 2 fully saturated rings. The summed E-state index contributed by atoms with van der Waals surface area (Å²) in [6.07, 6.45) is 3.23. The zero-order valence-corrected chi connectivity index (χ0v) is 18.7. The molecule has 1 N–H and O–H groups in total. The molecule has 2 aromatic rings. The van der Waals surface area contributed by atoms with Gasteiger partial charge in [-0.2, -0.15) is 0 Å². The van der Waals surface area contributed by atoms with Gasteiger partial charge in [0.25, 0.3) is 11.7 Å². The van der Waals surface area contributed by atoms with Crippen LogP contribution < -0.4 is 9.47 Å². The first-order chi connectivity index (χ1) is 16.0. The van der Waals surface area contributed by atoms with Gasteiger partial charge in [-0.1, -0.05) is 6.07 Å². The number of carbonyl (C=O) groups excluding carboxylic acids is 2. The first kappa shape index (κ1) is 22.8. The number of aliphatic hydroxyl groups excluding tert-OH is 1. The highest BCUT2D eigenvalue weighted by Crippen LogP contribution is 2.41. The molecule has 1 aromatic heterocycles. The van der Waals surface area contributed by atoms with E-state index in [0.717, 1.165) is 13.1 Å². The molecule has 0 aliphatic carbocycles. The summed E-state index contributed by atoms with van der Waals surface area (Å²) >= 11 is 0. The molecule has 0 bridgehead atoms. The molecular weight excluding hydrogens is 426 g/mol. The quantitative estimate of drug-likeness (QED) is 0.385. The molecule has 2 aliphatic heterocycles. The first-order valence-electron chi connectivity index (χ1n) is 10.8. The average Bonchev–Trinajstić information content (AvgIpc) is 3.12. The van der Waals surface area contributed by atoms with Crippen LogP contribution in [0, 0.1) is 0 Å². The monoisotopic (exact) mass is 453 g/mol. The van der Waals surface area contributed by atoms with Gasteiger partial charge < -0.3 is 24.2 Å². The van der Waals surface area contributed by atoms with Crippen LogP contribution in [0.25, 0.3) is 5.76 Å². The van der Waals surface area contributed by atoms with E-state index in [1.807, 2.05) is 0 Å². The number of aromatic nitrogens is 1. The lowest BCUT2D eigenvalue weighted by Gasteiger charge is -2.30. The van der Waals surface area contributed by atoms with Crippen molar-refractivity contribution in [2.75, 3.05) is 53.6 Å². The predicted octanol–water partition coefficient (Wildman–Crippen LogP) is 1.85. The number of ether oxygens (including phenoxy) is 3. The smallest absolute Gasteiger partial charge is 0.295 e. The van der Waals surface area contributed by atoms with Gasteiger partial charge in [0.1, 0.15) is 17.3 Å². The van der Waals surface area contributed by atoms with Crippen LogP contribution in [0.3, 0.4) is 0 Å². The Labute approximate surface area is 192 Å². The molecule has 1 aromatic carbocycles. The van der Waals surface area contributed by atoms with Crippen LogP contribution in [0.1, 0.15) is 17.2 Å². The molecule has 3 heterocycles. The zero-order valence-electron chi connectivity index (χ0n) is 18.7. The average molecular weight is 453 g/mol. The lowest BCUT2D eigenvalue weighted by Crippen LogP contribution is -2.42.